The van der Waals surface area contributed by atoms with Crippen molar-refractivity contribution in [3.05, 3.63) is 63.6 Å². The lowest BCUT2D eigenvalue weighted by molar-refractivity contribution is -0.140. The van der Waals surface area contributed by atoms with Crippen LogP contribution in [0, 0.1) is 6.92 Å². The van der Waals surface area contributed by atoms with Gasteiger partial charge in [-0.1, -0.05) is 57.5 Å². The van der Waals surface area contributed by atoms with E-state index in [1.54, 1.807) is 18.2 Å². The number of aryl methyl sites for hydroxylation is 1. The maximum absolute atomic E-state index is 13.3. The van der Waals surface area contributed by atoms with Crippen molar-refractivity contribution < 1.29 is 14.7 Å². The zero-order chi connectivity index (χ0) is 19.3. The number of anilines is 1. The van der Waals surface area contributed by atoms with E-state index in [1.807, 2.05) is 31.2 Å². The Hall–Kier alpha value is -2.16. The molecule has 2 heterocycles. The third-order valence-corrected chi connectivity index (χ3v) is 6.36. The van der Waals surface area contributed by atoms with Gasteiger partial charge in [0.05, 0.1) is 12.2 Å². The van der Waals surface area contributed by atoms with Gasteiger partial charge in [-0.2, -0.15) is 4.99 Å². The molecule has 0 spiro atoms. The summed E-state index contributed by atoms with van der Waals surface area (Å²) in [6.45, 7) is 2.28. The number of carbonyl (C=O) groups excluding carboxylic acids is 2. The second-order valence-electron chi connectivity index (χ2n) is 6.59. The molecule has 2 amide bonds. The zero-order valence-corrected chi connectivity index (χ0v) is 16.8. The van der Waals surface area contributed by atoms with Crippen LogP contribution in [0.3, 0.4) is 0 Å². The molecule has 3 N–H and O–H groups in total. The Morgan fingerprint density at radius 1 is 1.26 bits per heavy atom. The molecule has 0 radical (unpaired) electrons. The molecule has 0 aliphatic carbocycles. The second kappa shape index (κ2) is 6.47. The first-order valence-electron chi connectivity index (χ1n) is 8.25. The van der Waals surface area contributed by atoms with Gasteiger partial charge in [-0.15, -0.1) is 0 Å². The van der Waals surface area contributed by atoms with Gasteiger partial charge >= 0.3 is 0 Å². The summed E-state index contributed by atoms with van der Waals surface area (Å²) in [6, 6.07) is 13.0. The number of nitrogens with zero attached hydrogens (tertiary/aromatic N) is 2. The predicted molar refractivity (Wildman–Crippen MR) is 108 cm³/mol. The highest BCUT2D eigenvalue weighted by Crippen LogP contribution is 2.48. The van der Waals surface area contributed by atoms with Crippen molar-refractivity contribution in [3.63, 3.8) is 0 Å². The summed E-state index contributed by atoms with van der Waals surface area (Å²) in [4.78, 5) is 30.8. The van der Waals surface area contributed by atoms with Crippen molar-refractivity contribution in [2.45, 2.75) is 24.3 Å². The SMILES string of the molecule is Cc1ccc(CN2C(=O)C(O)(C3SC(N)=NC3=O)c3cc(Br)ccc32)cc1. The quantitative estimate of drug-likeness (QED) is 0.755. The van der Waals surface area contributed by atoms with Crippen LogP contribution >= 0.6 is 27.7 Å². The number of halogens is 1. The van der Waals surface area contributed by atoms with Crippen molar-refractivity contribution in [3.8, 4) is 0 Å². The third-order valence-electron chi connectivity index (χ3n) is 4.76. The minimum Gasteiger partial charge on any atom is -0.378 e. The van der Waals surface area contributed by atoms with Crippen molar-refractivity contribution in [2.24, 2.45) is 10.7 Å². The largest absolute Gasteiger partial charge is 0.378 e. The molecule has 2 aliphatic rings. The summed E-state index contributed by atoms with van der Waals surface area (Å²) in [5.41, 5.74) is 6.64. The van der Waals surface area contributed by atoms with Crippen LogP contribution in [-0.4, -0.2) is 27.3 Å². The smallest absolute Gasteiger partial charge is 0.265 e. The normalized spacial score (nSPS) is 24.3. The Balaban J connectivity index is 1.79. The van der Waals surface area contributed by atoms with E-state index in [0.717, 1.165) is 22.9 Å². The standard InChI is InChI=1S/C19H16BrN3O3S/c1-10-2-4-11(5-3-10)9-23-14-7-6-12(20)8-13(14)19(26,17(23)25)15-16(24)22-18(21)27-15/h2-8,15,26H,9H2,1H3,(H2,21,22,24). The molecule has 8 heteroatoms. The van der Waals surface area contributed by atoms with Crippen LogP contribution < -0.4 is 10.6 Å². The van der Waals surface area contributed by atoms with Gasteiger partial charge in [0.25, 0.3) is 11.8 Å². The molecule has 2 aromatic carbocycles. The van der Waals surface area contributed by atoms with Crippen LogP contribution in [-0.2, 0) is 21.7 Å². The number of amidine groups is 1. The van der Waals surface area contributed by atoms with Crippen LogP contribution in [0.1, 0.15) is 16.7 Å². The number of hydrogen-bond donors (Lipinski definition) is 2. The molecule has 0 aromatic heterocycles. The van der Waals surface area contributed by atoms with E-state index >= 15 is 0 Å². The van der Waals surface area contributed by atoms with Gasteiger partial charge in [-0.25, -0.2) is 0 Å². The Kier molecular flexibility index (Phi) is 4.37. The number of thioether (sulfide) groups is 1. The van der Waals surface area contributed by atoms with Crippen LogP contribution in [0.5, 0.6) is 0 Å². The number of carbonyl (C=O) groups is 2. The maximum atomic E-state index is 13.3. The zero-order valence-electron chi connectivity index (χ0n) is 14.3. The van der Waals surface area contributed by atoms with Crippen molar-refractivity contribution in [2.75, 3.05) is 4.90 Å². The van der Waals surface area contributed by atoms with E-state index in [9.17, 15) is 14.7 Å². The maximum Gasteiger partial charge on any atom is 0.265 e. The fourth-order valence-electron chi connectivity index (χ4n) is 3.39. The predicted octanol–water partition coefficient (Wildman–Crippen LogP) is 2.45. The van der Waals surface area contributed by atoms with Crippen LogP contribution in [0.4, 0.5) is 5.69 Å². The number of nitrogens with two attached hydrogens (primary N) is 1. The van der Waals surface area contributed by atoms with Gasteiger partial charge in [0.2, 0.25) is 0 Å². The first-order chi connectivity index (χ1) is 12.8. The monoisotopic (exact) mass is 445 g/mol. The summed E-state index contributed by atoms with van der Waals surface area (Å²) in [5.74, 6) is -1.15. The molecule has 0 fully saturated rings. The van der Waals surface area contributed by atoms with Gasteiger partial charge in [0.1, 0.15) is 5.25 Å². The summed E-state index contributed by atoms with van der Waals surface area (Å²) in [6.07, 6.45) is 0. The first-order valence-corrected chi connectivity index (χ1v) is 9.92. The first kappa shape index (κ1) is 18.2. The summed E-state index contributed by atoms with van der Waals surface area (Å²) < 4.78 is 0.703. The molecular formula is C19H16BrN3O3S. The lowest BCUT2D eigenvalue weighted by Gasteiger charge is -2.26. The van der Waals surface area contributed by atoms with E-state index < -0.39 is 22.7 Å². The molecule has 27 heavy (non-hydrogen) atoms. The molecule has 2 atom stereocenters. The number of aliphatic imine (C=N–C) groups is 1. The van der Waals surface area contributed by atoms with E-state index in [0.29, 0.717) is 15.7 Å². The number of rotatable bonds is 3. The Bertz CT molecular complexity index is 992. The second-order valence-corrected chi connectivity index (χ2v) is 8.63. The van der Waals surface area contributed by atoms with Gasteiger partial charge < -0.3 is 15.7 Å². The molecular weight excluding hydrogens is 430 g/mol. The highest BCUT2D eigenvalue weighted by atomic mass is 79.9. The van der Waals surface area contributed by atoms with Crippen LogP contribution in [0.25, 0.3) is 0 Å². The van der Waals surface area contributed by atoms with Crippen LogP contribution in [0.15, 0.2) is 51.9 Å². The minimum atomic E-state index is -2.02. The van der Waals surface area contributed by atoms with E-state index in [-0.39, 0.29) is 11.7 Å². The summed E-state index contributed by atoms with van der Waals surface area (Å²) in [7, 11) is 0. The van der Waals surface area contributed by atoms with E-state index in [1.165, 1.54) is 4.90 Å². The summed E-state index contributed by atoms with van der Waals surface area (Å²) in [5, 5.41) is 10.4. The fraction of sp³-hybridized carbons (Fsp3) is 0.211. The van der Waals surface area contributed by atoms with Gasteiger partial charge in [0, 0.05) is 10.0 Å². The molecule has 6 nitrogen and oxygen atoms in total. The summed E-state index contributed by atoms with van der Waals surface area (Å²) >= 11 is 4.30. The molecule has 2 aromatic rings. The lowest BCUT2D eigenvalue weighted by atomic mass is 9.91. The average Bonchev–Trinajstić information content (AvgIpc) is 3.07. The number of aliphatic hydroxyl groups is 1. The molecule has 2 aliphatic heterocycles. The molecule has 0 saturated carbocycles. The minimum absolute atomic E-state index is 0.0553. The van der Waals surface area contributed by atoms with Crippen molar-refractivity contribution >= 4 is 50.4 Å². The number of hydrogen-bond acceptors (Lipinski definition) is 5. The molecule has 0 bridgehead atoms. The Morgan fingerprint density at radius 3 is 2.59 bits per heavy atom. The fourth-order valence-corrected chi connectivity index (χ4v) is 4.69. The van der Waals surface area contributed by atoms with Crippen LogP contribution in [0.2, 0.25) is 0 Å². The number of benzene rings is 2. The highest BCUT2D eigenvalue weighted by molar-refractivity contribution is 9.10. The Morgan fingerprint density at radius 2 is 1.96 bits per heavy atom. The molecule has 4 rings (SSSR count). The number of fused-ring (bicyclic) bond motifs is 1. The lowest BCUT2D eigenvalue weighted by Crippen LogP contribution is -2.49. The topological polar surface area (TPSA) is 96.0 Å². The number of amides is 2. The highest BCUT2D eigenvalue weighted by Gasteiger charge is 2.59. The van der Waals surface area contributed by atoms with Gasteiger partial charge in [0.15, 0.2) is 10.8 Å². The third kappa shape index (κ3) is 2.88. The average molecular weight is 446 g/mol. The van der Waals surface area contributed by atoms with E-state index in [2.05, 4.69) is 20.9 Å². The van der Waals surface area contributed by atoms with E-state index in [4.69, 9.17) is 5.73 Å². The molecule has 0 saturated heterocycles. The van der Waals surface area contributed by atoms with Gasteiger partial charge in [-0.05, 0) is 30.7 Å². The Labute approximate surface area is 168 Å². The van der Waals surface area contributed by atoms with Crippen molar-refractivity contribution in [1.29, 1.82) is 0 Å². The van der Waals surface area contributed by atoms with Gasteiger partial charge in [-0.3, -0.25) is 9.59 Å². The van der Waals surface area contributed by atoms with Crippen molar-refractivity contribution in [1.82, 2.24) is 0 Å². The molecule has 2 unspecified atom stereocenters. The molecule has 138 valence electrons.